The fourth-order valence-electron chi connectivity index (χ4n) is 0. The van der Waals surface area contributed by atoms with Crippen LogP contribution >= 0.6 is 0 Å². The monoisotopic (exact) mass is 188 g/mol. The van der Waals surface area contributed by atoms with E-state index in [9.17, 15) is 0 Å². The van der Waals surface area contributed by atoms with Crippen LogP contribution in [0.2, 0.25) is 0 Å². The van der Waals surface area contributed by atoms with Gasteiger partial charge in [0.1, 0.15) is 0 Å². The molecule has 0 aromatic rings. The molecule has 0 bridgehead atoms. The third-order valence-electron chi connectivity index (χ3n) is 0. The van der Waals surface area contributed by atoms with Crippen LogP contribution in [0, 0.1) is 0 Å². The van der Waals surface area contributed by atoms with Gasteiger partial charge >= 0.3 is 48.1 Å². The van der Waals surface area contributed by atoms with Crippen LogP contribution in [0.1, 0.15) is 0 Å². The molecule has 0 aromatic carbocycles. The standard InChI is InChI=1S/2Li.H2O4S.O3Si/c;;1-5(2,3)4;1-4(2)3/h;;(H2,1,2,3,4);/q2*+1;;-2. The van der Waals surface area contributed by atoms with Crippen LogP contribution in [0.4, 0.5) is 0 Å². The quantitative estimate of drug-likeness (QED) is 0.284. The van der Waals surface area contributed by atoms with Crippen LogP contribution in [-0.4, -0.2) is 26.7 Å². The summed E-state index contributed by atoms with van der Waals surface area (Å²) in [4.78, 5) is 17.0. The zero-order chi connectivity index (χ0) is 8.08. The van der Waals surface area contributed by atoms with Crippen LogP contribution in [0.25, 0.3) is 0 Å². The summed E-state index contributed by atoms with van der Waals surface area (Å²) in [6.45, 7) is 0. The first-order chi connectivity index (χ1) is 3.73. The predicted octanol–water partition coefficient (Wildman–Crippen LogP) is -9.52. The summed E-state index contributed by atoms with van der Waals surface area (Å²) in [6.07, 6.45) is 0. The third-order valence-corrected chi connectivity index (χ3v) is 0. The number of hydrogen-bond donors (Lipinski definition) is 2. The summed E-state index contributed by atoms with van der Waals surface area (Å²) >= 11 is 0. The molecule has 0 aromatic heterocycles. The molecule has 0 spiro atoms. The van der Waals surface area contributed by atoms with E-state index in [4.69, 9.17) is 31.6 Å². The Hall–Kier alpha value is 0.682. The first-order valence-corrected chi connectivity index (χ1v) is 3.93. The molecule has 0 aliphatic carbocycles. The van der Waals surface area contributed by atoms with Gasteiger partial charge in [0, 0.05) is 9.17 Å². The van der Waals surface area contributed by atoms with Crippen LogP contribution in [0.3, 0.4) is 0 Å². The van der Waals surface area contributed by atoms with Gasteiger partial charge in [-0.15, -0.1) is 0 Å². The van der Waals surface area contributed by atoms with Crippen LogP contribution < -0.4 is 47.3 Å². The van der Waals surface area contributed by atoms with Gasteiger partial charge in [0.2, 0.25) is 0 Å². The average Bonchev–Trinajstić information content (AvgIpc) is 1.19. The van der Waals surface area contributed by atoms with E-state index in [1.165, 1.54) is 0 Å². The van der Waals surface area contributed by atoms with E-state index in [0.717, 1.165) is 0 Å². The SMILES string of the molecule is O=S(=O)(O)O.O=[Si]([O-])[O-].[Li+].[Li+]. The summed E-state index contributed by atoms with van der Waals surface area (Å²) in [6, 6.07) is 0. The summed E-state index contributed by atoms with van der Waals surface area (Å²) in [5, 5.41) is 0. The van der Waals surface area contributed by atoms with Gasteiger partial charge in [0.05, 0.1) is 0 Å². The van der Waals surface area contributed by atoms with Gasteiger partial charge in [-0.25, -0.2) is 0 Å². The van der Waals surface area contributed by atoms with E-state index in [0.29, 0.717) is 0 Å². The van der Waals surface area contributed by atoms with E-state index in [-0.39, 0.29) is 37.7 Å². The Balaban J connectivity index is -0.0000000383. The molecule has 2 N–H and O–H groups in total. The topological polar surface area (TPSA) is 138 Å². The molecule has 11 heteroatoms. The van der Waals surface area contributed by atoms with E-state index < -0.39 is 19.6 Å². The minimum absolute atomic E-state index is 0. The second kappa shape index (κ2) is 10.7. The molecule has 56 valence electrons. The zero-order valence-electron chi connectivity index (χ0n) is 5.84. The third kappa shape index (κ3) is 1730. The van der Waals surface area contributed by atoms with Crippen molar-refractivity contribution in [2.45, 2.75) is 0 Å². The molecule has 0 amide bonds. The average molecular weight is 188 g/mol. The van der Waals surface area contributed by atoms with Crippen molar-refractivity contribution in [1.29, 1.82) is 0 Å². The van der Waals surface area contributed by atoms with Crippen molar-refractivity contribution in [3.05, 3.63) is 0 Å². The second-order valence-electron chi connectivity index (χ2n) is 0.698. The van der Waals surface area contributed by atoms with Gasteiger partial charge in [-0.3, -0.25) is 9.11 Å². The second-order valence-corrected chi connectivity index (χ2v) is 2.09. The van der Waals surface area contributed by atoms with Gasteiger partial charge in [0.25, 0.3) is 0 Å². The van der Waals surface area contributed by atoms with Crippen LogP contribution in [-0.2, 0) is 14.9 Å². The van der Waals surface area contributed by atoms with Gasteiger partial charge in [-0.05, 0) is 0 Å². The smallest absolute Gasteiger partial charge is 0.672 e. The van der Waals surface area contributed by atoms with Crippen molar-refractivity contribution in [2.24, 2.45) is 0 Å². The van der Waals surface area contributed by atoms with Crippen LogP contribution in [0.15, 0.2) is 0 Å². The largest absolute Gasteiger partial charge is 1.00 e. The summed E-state index contributed by atoms with van der Waals surface area (Å²) < 4.78 is 40.1. The van der Waals surface area contributed by atoms with Crippen molar-refractivity contribution in [2.75, 3.05) is 0 Å². The predicted molar refractivity (Wildman–Crippen MR) is 20.6 cm³/mol. The molecular formula is H2Li2O7SSi. The van der Waals surface area contributed by atoms with Crippen LogP contribution in [0.5, 0.6) is 0 Å². The van der Waals surface area contributed by atoms with Gasteiger partial charge in [-0.2, -0.15) is 8.42 Å². The van der Waals surface area contributed by atoms with Gasteiger partial charge in [0.15, 0.2) is 0 Å². The molecule has 0 aliphatic heterocycles. The van der Waals surface area contributed by atoms with Crippen molar-refractivity contribution in [3.8, 4) is 0 Å². The molecule has 0 unspecified atom stereocenters. The maximum atomic E-state index is 8.74. The molecule has 0 heterocycles. The maximum Gasteiger partial charge on any atom is 1.00 e. The molecule has 7 nitrogen and oxygen atoms in total. The Morgan fingerprint density at radius 3 is 1.09 bits per heavy atom. The first-order valence-electron chi connectivity index (χ1n) is 1.31. The van der Waals surface area contributed by atoms with Gasteiger partial charge in [-0.1, -0.05) is 0 Å². The van der Waals surface area contributed by atoms with Crippen molar-refractivity contribution >= 4 is 19.6 Å². The number of rotatable bonds is 0. The normalized spacial score (nSPS) is 7.45. The summed E-state index contributed by atoms with van der Waals surface area (Å²) in [7, 11) is -8.30. The van der Waals surface area contributed by atoms with E-state index in [1.807, 2.05) is 0 Å². The fraction of sp³-hybridized carbons (Fsp3) is 0. The molecule has 0 atom stereocenters. The Morgan fingerprint density at radius 2 is 1.09 bits per heavy atom. The molecular weight excluding hydrogens is 186 g/mol. The Kier molecular flexibility index (Phi) is 21.9. The van der Waals surface area contributed by atoms with E-state index in [2.05, 4.69) is 0 Å². The Bertz CT molecular complexity index is 159. The maximum absolute atomic E-state index is 8.74. The first kappa shape index (κ1) is 22.6. The number of hydrogen-bond acceptors (Lipinski definition) is 5. The molecule has 0 radical (unpaired) electrons. The summed E-state index contributed by atoms with van der Waals surface area (Å²) in [5.74, 6) is 0. The molecule has 0 aliphatic rings. The van der Waals surface area contributed by atoms with Gasteiger partial charge < -0.3 is 14.1 Å². The molecule has 11 heavy (non-hydrogen) atoms. The molecule has 0 saturated carbocycles. The van der Waals surface area contributed by atoms with E-state index in [1.54, 1.807) is 0 Å². The summed E-state index contributed by atoms with van der Waals surface area (Å²) in [5.41, 5.74) is 0. The minimum Gasteiger partial charge on any atom is -0.672 e. The van der Waals surface area contributed by atoms with Crippen molar-refractivity contribution in [1.82, 2.24) is 0 Å². The van der Waals surface area contributed by atoms with E-state index >= 15 is 0 Å². The fourth-order valence-corrected chi connectivity index (χ4v) is 0. The molecule has 0 rings (SSSR count). The minimum atomic E-state index is -4.67. The molecule has 0 saturated heterocycles. The molecule has 0 fully saturated rings. The Labute approximate surface area is 88.6 Å². The Morgan fingerprint density at radius 1 is 1.09 bits per heavy atom. The van der Waals surface area contributed by atoms with Crippen molar-refractivity contribution in [3.63, 3.8) is 0 Å². The van der Waals surface area contributed by atoms with Crippen molar-refractivity contribution < 1.29 is 69.3 Å². The zero-order valence-corrected chi connectivity index (χ0v) is 7.66.